The van der Waals surface area contributed by atoms with E-state index in [4.69, 9.17) is 15.8 Å². The van der Waals surface area contributed by atoms with Gasteiger partial charge in [-0.1, -0.05) is 20.8 Å². The van der Waals surface area contributed by atoms with Crippen LogP contribution in [-0.4, -0.2) is 38.2 Å². The van der Waals surface area contributed by atoms with Crippen LogP contribution in [0.25, 0.3) is 33.2 Å². The fourth-order valence-electron chi connectivity index (χ4n) is 4.76. The minimum Gasteiger partial charge on any atom is -0.450 e. The average molecular weight is 504 g/mol. The van der Waals surface area contributed by atoms with E-state index in [-0.39, 0.29) is 24.6 Å². The molecular formula is C27H29N5O5. The second-order valence-corrected chi connectivity index (χ2v) is 8.41. The molecule has 0 aliphatic carbocycles. The van der Waals surface area contributed by atoms with E-state index in [0.717, 1.165) is 38.6 Å². The maximum atomic E-state index is 13.2. The average Bonchev–Trinajstić information content (AvgIpc) is 3.26. The molecule has 3 aromatic heterocycles. The van der Waals surface area contributed by atoms with Crippen molar-refractivity contribution in [3.63, 3.8) is 0 Å². The van der Waals surface area contributed by atoms with Crippen LogP contribution in [0.1, 0.15) is 43.0 Å². The number of ether oxygens (including phenoxy) is 1. The molecule has 37 heavy (non-hydrogen) atoms. The van der Waals surface area contributed by atoms with Crippen LogP contribution in [-0.2, 0) is 29.1 Å². The summed E-state index contributed by atoms with van der Waals surface area (Å²) >= 11 is 0. The Balaban J connectivity index is 0.00000156. The van der Waals surface area contributed by atoms with Gasteiger partial charge in [-0.25, -0.2) is 9.78 Å². The number of fused-ring (bicyclic) bond motifs is 6. The maximum absolute atomic E-state index is 13.2. The molecule has 0 saturated carbocycles. The van der Waals surface area contributed by atoms with Crippen LogP contribution in [0.15, 0.2) is 35.3 Å². The monoisotopic (exact) mass is 503 g/mol. The number of nitrogens with one attached hydrogen (secondary N) is 1. The lowest BCUT2D eigenvalue weighted by molar-refractivity contribution is -0.114. The van der Waals surface area contributed by atoms with Crippen molar-refractivity contribution in [1.82, 2.24) is 14.5 Å². The third-order valence-electron chi connectivity index (χ3n) is 6.37. The summed E-state index contributed by atoms with van der Waals surface area (Å²) in [7, 11) is 0. The number of carbonyl (C=O) groups excluding carboxylic acids is 1. The summed E-state index contributed by atoms with van der Waals surface area (Å²) in [4.78, 5) is 45.3. The first-order valence-corrected chi connectivity index (χ1v) is 12.2. The zero-order valence-corrected chi connectivity index (χ0v) is 21.2. The van der Waals surface area contributed by atoms with E-state index in [9.17, 15) is 14.4 Å². The lowest BCUT2D eigenvalue weighted by atomic mass is 9.95. The summed E-state index contributed by atoms with van der Waals surface area (Å²) < 4.78 is 6.29. The highest BCUT2D eigenvalue weighted by atomic mass is 16.7. The molecule has 4 aromatic rings. The van der Waals surface area contributed by atoms with E-state index in [1.807, 2.05) is 45.0 Å². The molecule has 5 rings (SSSR count). The van der Waals surface area contributed by atoms with Gasteiger partial charge in [0.1, 0.15) is 6.61 Å². The number of carbonyl (C=O) groups is 2. The predicted octanol–water partition coefficient (Wildman–Crippen LogP) is 3.96. The van der Waals surface area contributed by atoms with Crippen LogP contribution in [0.4, 0.5) is 10.5 Å². The van der Waals surface area contributed by atoms with E-state index in [1.165, 1.54) is 0 Å². The van der Waals surface area contributed by atoms with Crippen molar-refractivity contribution in [3.05, 3.63) is 63.1 Å². The quantitative estimate of drug-likeness (QED) is 0.241. The van der Waals surface area contributed by atoms with Crippen LogP contribution in [0.2, 0.25) is 0 Å². The molecule has 4 N–H and O–H groups in total. The first-order valence-electron chi connectivity index (χ1n) is 12.2. The first kappa shape index (κ1) is 25.8. The van der Waals surface area contributed by atoms with Crippen LogP contribution < -0.4 is 16.6 Å². The van der Waals surface area contributed by atoms with E-state index >= 15 is 0 Å². The van der Waals surface area contributed by atoms with Crippen molar-refractivity contribution in [2.45, 2.75) is 47.3 Å². The number of nitrogens with zero attached hydrogens (tertiary/aromatic N) is 3. The summed E-state index contributed by atoms with van der Waals surface area (Å²) in [5.74, 6) is -0.311. The molecule has 0 unspecified atom stereocenters. The molecule has 0 spiro atoms. The van der Waals surface area contributed by atoms with Gasteiger partial charge in [-0.3, -0.25) is 14.6 Å². The molecule has 0 bridgehead atoms. The third-order valence-corrected chi connectivity index (χ3v) is 6.37. The second-order valence-electron chi connectivity index (χ2n) is 8.41. The number of nitrogens with two attached hydrogens (primary N) is 1. The highest BCUT2D eigenvalue weighted by molar-refractivity contribution is 6.09. The third kappa shape index (κ3) is 4.51. The number of anilines is 1. The number of amides is 1. The van der Waals surface area contributed by atoms with Gasteiger partial charge in [0.05, 0.1) is 53.0 Å². The zero-order valence-electron chi connectivity index (χ0n) is 21.2. The fourth-order valence-corrected chi connectivity index (χ4v) is 4.76. The second kappa shape index (κ2) is 10.4. The van der Waals surface area contributed by atoms with Crippen LogP contribution in [0.3, 0.4) is 0 Å². The van der Waals surface area contributed by atoms with Crippen molar-refractivity contribution in [3.8, 4) is 11.4 Å². The minimum absolute atomic E-state index is 0.130. The highest BCUT2D eigenvalue weighted by Gasteiger charge is 2.28. The SMILES string of the molecule is CC.CCc1c2c(nc3ccc4ncc(NC(=O)CN)cc4c13)-c1cc(C)c(COC(=O)O)c(=O)n1C2. The molecule has 10 nitrogen and oxygen atoms in total. The number of hydrogen-bond donors (Lipinski definition) is 3. The summed E-state index contributed by atoms with van der Waals surface area (Å²) in [6.45, 7) is 7.70. The molecule has 0 atom stereocenters. The lowest BCUT2D eigenvalue weighted by Gasteiger charge is -2.13. The molecule has 0 saturated heterocycles. The van der Waals surface area contributed by atoms with Crippen molar-refractivity contribution in [2.75, 3.05) is 11.9 Å². The normalized spacial score (nSPS) is 11.5. The number of aryl methyl sites for hydroxylation is 2. The summed E-state index contributed by atoms with van der Waals surface area (Å²) in [6.07, 6.45) is 0.852. The summed E-state index contributed by atoms with van der Waals surface area (Å²) in [5.41, 5.74) is 11.6. The number of benzene rings is 1. The molecule has 1 aromatic carbocycles. The number of carboxylic acid groups (broad SMARTS) is 1. The van der Waals surface area contributed by atoms with Gasteiger partial charge in [0.2, 0.25) is 5.91 Å². The van der Waals surface area contributed by atoms with Gasteiger partial charge < -0.3 is 25.5 Å². The molecule has 1 aliphatic rings. The Hall–Kier alpha value is -4.31. The van der Waals surface area contributed by atoms with Crippen LogP contribution in [0.5, 0.6) is 0 Å². The molecule has 1 aliphatic heterocycles. The van der Waals surface area contributed by atoms with Crippen molar-refractivity contribution >= 4 is 39.6 Å². The number of aromatic nitrogens is 3. The highest BCUT2D eigenvalue weighted by Crippen LogP contribution is 2.38. The minimum atomic E-state index is -1.43. The van der Waals surface area contributed by atoms with Gasteiger partial charge in [0, 0.05) is 16.3 Å². The molecule has 0 radical (unpaired) electrons. The summed E-state index contributed by atoms with van der Waals surface area (Å²) in [6, 6.07) is 7.51. The van der Waals surface area contributed by atoms with Crippen molar-refractivity contribution in [2.24, 2.45) is 5.73 Å². The van der Waals surface area contributed by atoms with Gasteiger partial charge in [0.15, 0.2) is 0 Å². The number of rotatable bonds is 5. The zero-order chi connectivity index (χ0) is 26.9. The van der Waals surface area contributed by atoms with E-state index in [1.54, 1.807) is 17.7 Å². The van der Waals surface area contributed by atoms with Gasteiger partial charge >= 0.3 is 6.16 Å². The van der Waals surface area contributed by atoms with E-state index in [2.05, 4.69) is 15.0 Å². The lowest BCUT2D eigenvalue weighted by Crippen LogP contribution is -2.25. The fraction of sp³-hybridized carbons (Fsp3) is 0.296. The molecule has 1 amide bonds. The summed E-state index contributed by atoms with van der Waals surface area (Å²) in [5, 5.41) is 13.4. The molecule has 192 valence electrons. The van der Waals surface area contributed by atoms with Crippen molar-refractivity contribution in [1.29, 1.82) is 0 Å². The Kier molecular flexibility index (Phi) is 7.21. The van der Waals surface area contributed by atoms with Gasteiger partial charge in [-0.15, -0.1) is 0 Å². The Morgan fingerprint density at radius 1 is 1.19 bits per heavy atom. The smallest absolute Gasteiger partial charge is 0.450 e. The van der Waals surface area contributed by atoms with Crippen LogP contribution >= 0.6 is 0 Å². The maximum Gasteiger partial charge on any atom is 0.506 e. The van der Waals surface area contributed by atoms with Gasteiger partial charge in [-0.05, 0) is 48.7 Å². The molecule has 4 heterocycles. The Morgan fingerprint density at radius 2 is 1.92 bits per heavy atom. The predicted molar refractivity (Wildman–Crippen MR) is 142 cm³/mol. The van der Waals surface area contributed by atoms with E-state index < -0.39 is 6.16 Å². The van der Waals surface area contributed by atoms with E-state index in [0.29, 0.717) is 35.5 Å². The molecule has 0 fully saturated rings. The largest absolute Gasteiger partial charge is 0.506 e. The molecule has 10 heteroatoms. The number of pyridine rings is 3. The number of hydrogen-bond acceptors (Lipinski definition) is 7. The van der Waals surface area contributed by atoms with Crippen LogP contribution in [0, 0.1) is 6.92 Å². The Bertz CT molecular complexity index is 1610. The molecular weight excluding hydrogens is 474 g/mol. The standard InChI is InChI=1S/C25H23N5O5.C2H6/c1-3-14-16-10-30-20(6-12(2)17(24(30)32)11-35-25(33)34)23(16)29-19-5-4-18-15(22(14)19)7-13(9-27-18)28-21(31)8-26;1-2/h4-7,9H,3,8,10-11,26H2,1-2H3,(H,28,31)(H,33,34);1-2H3. The van der Waals surface area contributed by atoms with Gasteiger partial charge in [-0.2, -0.15) is 0 Å². The Morgan fingerprint density at radius 3 is 2.59 bits per heavy atom. The topological polar surface area (TPSA) is 149 Å². The van der Waals surface area contributed by atoms with Crippen molar-refractivity contribution < 1.29 is 19.4 Å². The first-order chi connectivity index (χ1) is 17.8. The van der Waals surface area contributed by atoms with Gasteiger partial charge in [0.25, 0.3) is 5.56 Å². The Labute approximate surface area is 213 Å².